The van der Waals surface area contributed by atoms with E-state index in [4.69, 9.17) is 4.74 Å². The van der Waals surface area contributed by atoms with E-state index in [1.807, 2.05) is 62.7 Å². The van der Waals surface area contributed by atoms with Gasteiger partial charge in [-0.05, 0) is 55.8 Å². The number of benzene rings is 1. The number of ether oxygens (including phenoxy) is 1. The molecule has 0 spiro atoms. The van der Waals surface area contributed by atoms with Crippen LogP contribution in [0.5, 0.6) is 0 Å². The molecule has 0 amide bonds. The Balaban J connectivity index is 1.89. The van der Waals surface area contributed by atoms with Gasteiger partial charge in [-0.3, -0.25) is 0 Å². The Hall–Kier alpha value is -2.79. The van der Waals surface area contributed by atoms with E-state index < -0.39 is 0 Å². The van der Waals surface area contributed by atoms with Gasteiger partial charge in [0.15, 0.2) is 18.9 Å². The highest BCUT2D eigenvalue weighted by molar-refractivity contribution is 7.80. The van der Waals surface area contributed by atoms with Gasteiger partial charge in [-0.1, -0.05) is 18.2 Å². The van der Waals surface area contributed by atoms with Crippen molar-refractivity contribution in [3.05, 3.63) is 90.3 Å². The fraction of sp³-hybridized carbons (Fsp3) is 0.217. The van der Waals surface area contributed by atoms with Crippen LogP contribution in [0.3, 0.4) is 0 Å². The van der Waals surface area contributed by atoms with E-state index in [2.05, 4.69) is 35.2 Å². The first-order chi connectivity index (χ1) is 13.5. The van der Waals surface area contributed by atoms with Crippen LogP contribution >= 0.6 is 12.6 Å². The van der Waals surface area contributed by atoms with Crippen molar-refractivity contribution >= 4 is 30.0 Å². The molecule has 1 aromatic heterocycles. The van der Waals surface area contributed by atoms with E-state index in [9.17, 15) is 4.79 Å². The number of hydrogen-bond acceptors (Lipinski definition) is 4. The Kier molecular flexibility index (Phi) is 8.56. The number of nitrogens with zero attached hydrogens (tertiary/aromatic N) is 1. The molecule has 1 aromatic carbocycles. The van der Waals surface area contributed by atoms with Gasteiger partial charge in [0.05, 0.1) is 11.3 Å². The molecule has 1 N–H and O–H groups in total. The summed E-state index contributed by atoms with van der Waals surface area (Å²) >= 11 is 4.18. The fourth-order valence-electron chi connectivity index (χ4n) is 2.28. The highest BCUT2D eigenvalue weighted by Gasteiger charge is 2.06. The minimum atomic E-state index is -0.321. The Morgan fingerprint density at radius 1 is 1.14 bits per heavy atom. The number of rotatable bonds is 9. The molecule has 0 unspecified atom stereocenters. The van der Waals surface area contributed by atoms with Gasteiger partial charge < -0.3 is 10.1 Å². The maximum Gasteiger partial charge on any atom is 0.338 e. The number of carbonyl (C=O) groups excluding carboxylic acids is 1. The van der Waals surface area contributed by atoms with E-state index in [1.165, 1.54) is 0 Å². The highest BCUT2D eigenvalue weighted by Crippen LogP contribution is 2.16. The molecule has 28 heavy (non-hydrogen) atoms. The van der Waals surface area contributed by atoms with Crippen molar-refractivity contribution in [3.8, 4) is 0 Å². The van der Waals surface area contributed by atoms with Gasteiger partial charge in [-0.2, -0.15) is 12.6 Å². The van der Waals surface area contributed by atoms with Gasteiger partial charge in [0.1, 0.15) is 6.61 Å². The Bertz CT molecular complexity index is 849. The molecule has 0 saturated heterocycles. The van der Waals surface area contributed by atoms with Crippen LogP contribution in [0.1, 0.15) is 24.2 Å². The third-order valence-corrected chi connectivity index (χ3v) is 4.29. The van der Waals surface area contributed by atoms with Crippen molar-refractivity contribution in [2.24, 2.45) is 0 Å². The van der Waals surface area contributed by atoms with Crippen LogP contribution in [0, 0.1) is 0 Å². The van der Waals surface area contributed by atoms with E-state index >= 15 is 0 Å². The molecule has 2 rings (SSSR count). The summed E-state index contributed by atoms with van der Waals surface area (Å²) in [5.74, 6) is 0.342. The van der Waals surface area contributed by atoms with Crippen LogP contribution in [0.4, 0.5) is 11.4 Å². The van der Waals surface area contributed by atoms with Crippen LogP contribution in [-0.2, 0) is 11.3 Å². The second-order valence-electron chi connectivity index (χ2n) is 6.58. The van der Waals surface area contributed by atoms with Gasteiger partial charge >= 0.3 is 5.97 Å². The lowest BCUT2D eigenvalue weighted by molar-refractivity contribution is -0.686. The topological polar surface area (TPSA) is 42.2 Å². The second kappa shape index (κ2) is 11.1. The molecular weight excluding hydrogens is 368 g/mol. The average molecular weight is 396 g/mol. The summed E-state index contributed by atoms with van der Waals surface area (Å²) < 4.78 is 7.28. The Morgan fingerprint density at radius 3 is 2.39 bits per heavy atom. The summed E-state index contributed by atoms with van der Waals surface area (Å²) in [6, 6.07) is 11.3. The van der Waals surface area contributed by atoms with E-state index in [0.717, 1.165) is 29.1 Å². The van der Waals surface area contributed by atoms with Gasteiger partial charge in [-0.15, -0.1) is 0 Å². The number of carbonyl (C=O) groups is 1. The van der Waals surface area contributed by atoms with Crippen LogP contribution in [0.2, 0.25) is 0 Å². The maximum atomic E-state index is 12.0. The summed E-state index contributed by atoms with van der Waals surface area (Å²) in [5, 5.41) is 3.32. The smallest absolute Gasteiger partial charge is 0.338 e. The van der Waals surface area contributed by atoms with E-state index in [-0.39, 0.29) is 5.97 Å². The summed E-state index contributed by atoms with van der Waals surface area (Å²) in [7, 11) is 0. The molecule has 5 heteroatoms. The number of aromatic nitrogens is 1. The second-order valence-corrected chi connectivity index (χ2v) is 6.90. The van der Waals surface area contributed by atoms with Crippen LogP contribution < -0.4 is 9.88 Å². The number of pyridine rings is 1. The van der Waals surface area contributed by atoms with Gasteiger partial charge in [0.2, 0.25) is 0 Å². The number of allylic oxidation sites excluding steroid dienone is 3. The molecule has 0 atom stereocenters. The number of hydrogen-bond donors (Lipinski definition) is 2. The van der Waals surface area contributed by atoms with Gasteiger partial charge in [-0.25, -0.2) is 9.36 Å². The lowest BCUT2D eigenvalue weighted by Gasteiger charge is -2.07. The molecule has 0 aliphatic rings. The summed E-state index contributed by atoms with van der Waals surface area (Å²) in [4.78, 5) is 12.0. The molecule has 1 heterocycles. The molecule has 0 aliphatic heterocycles. The largest absolute Gasteiger partial charge is 0.458 e. The van der Waals surface area contributed by atoms with Crippen LogP contribution in [-0.4, -0.2) is 18.3 Å². The minimum absolute atomic E-state index is 0.295. The highest BCUT2D eigenvalue weighted by atomic mass is 32.1. The van der Waals surface area contributed by atoms with Crippen molar-refractivity contribution in [3.63, 3.8) is 0 Å². The first kappa shape index (κ1) is 21.5. The zero-order valence-electron chi connectivity index (χ0n) is 16.4. The van der Waals surface area contributed by atoms with Gasteiger partial charge in [0.25, 0.3) is 0 Å². The van der Waals surface area contributed by atoms with E-state index in [1.54, 1.807) is 12.1 Å². The molecular formula is C23H27N2O2S+. The monoisotopic (exact) mass is 395 g/mol. The van der Waals surface area contributed by atoms with Crippen molar-refractivity contribution in [2.75, 3.05) is 17.7 Å². The molecule has 4 nitrogen and oxygen atoms in total. The number of thiol groups is 1. The third kappa shape index (κ3) is 7.45. The van der Waals surface area contributed by atoms with Crippen LogP contribution in [0.25, 0.3) is 0 Å². The molecule has 0 radical (unpaired) electrons. The van der Waals surface area contributed by atoms with Crippen LogP contribution in [0.15, 0.2) is 84.7 Å². The lowest BCUT2D eigenvalue weighted by atomic mass is 10.2. The SMILES string of the molecule is C=C(/C=C/C[n+]1ccc(Nc2ccc(C(=O)OCC=C(C)C)cc2)cc1)CS. The summed E-state index contributed by atoms with van der Waals surface area (Å²) in [6.45, 7) is 8.90. The molecule has 0 aliphatic carbocycles. The summed E-state index contributed by atoms with van der Waals surface area (Å²) in [6.07, 6.45) is 9.93. The summed E-state index contributed by atoms with van der Waals surface area (Å²) in [5.41, 5.74) is 4.53. The first-order valence-electron chi connectivity index (χ1n) is 9.10. The van der Waals surface area contributed by atoms with Crippen molar-refractivity contribution in [1.82, 2.24) is 0 Å². The Morgan fingerprint density at radius 2 is 1.79 bits per heavy atom. The van der Waals surface area contributed by atoms with Gasteiger partial charge in [0, 0.05) is 23.6 Å². The quantitative estimate of drug-likeness (QED) is 0.209. The zero-order chi connectivity index (χ0) is 20.4. The van der Waals surface area contributed by atoms with Crippen molar-refractivity contribution in [2.45, 2.75) is 20.4 Å². The third-order valence-electron chi connectivity index (χ3n) is 3.88. The molecule has 2 aromatic rings. The number of nitrogens with one attached hydrogen (secondary N) is 1. The average Bonchev–Trinajstić information content (AvgIpc) is 2.69. The zero-order valence-corrected chi connectivity index (χ0v) is 17.3. The normalized spacial score (nSPS) is 10.5. The minimum Gasteiger partial charge on any atom is -0.458 e. The predicted molar refractivity (Wildman–Crippen MR) is 118 cm³/mol. The van der Waals surface area contributed by atoms with E-state index in [0.29, 0.717) is 17.9 Å². The molecule has 0 bridgehead atoms. The number of esters is 1. The molecule has 146 valence electrons. The maximum absolute atomic E-state index is 12.0. The standard InChI is InChI=1S/C23H26N2O2S/c1-18(2)12-16-27-23(26)20-6-8-21(9-7-20)24-22-10-14-25(15-11-22)13-4-5-19(3)17-28/h4-12,14-15,28H,3,13,16-17H2,1-2H3/p+1/b5-4+. The van der Waals surface area contributed by atoms with Crippen molar-refractivity contribution < 1.29 is 14.1 Å². The molecule has 0 fully saturated rings. The fourth-order valence-corrected chi connectivity index (χ4v) is 2.39. The molecule has 0 saturated carbocycles. The Labute approximate surface area is 172 Å². The number of anilines is 2. The predicted octanol–water partition coefficient (Wildman–Crippen LogP) is 4.88. The lowest BCUT2D eigenvalue weighted by Crippen LogP contribution is -2.31. The first-order valence-corrected chi connectivity index (χ1v) is 9.73. The van der Waals surface area contributed by atoms with Crippen molar-refractivity contribution in [1.29, 1.82) is 0 Å².